The van der Waals surface area contributed by atoms with Gasteiger partial charge in [0.25, 0.3) is 0 Å². The first kappa shape index (κ1) is 5.35. The van der Waals surface area contributed by atoms with Crippen molar-refractivity contribution in [1.82, 2.24) is 4.98 Å². The van der Waals surface area contributed by atoms with E-state index in [4.69, 9.17) is 5.73 Å². The lowest BCUT2D eigenvalue weighted by molar-refractivity contribution is 1.47. The highest BCUT2D eigenvalue weighted by Crippen LogP contribution is 2.14. The van der Waals surface area contributed by atoms with Crippen LogP contribution in [0, 0.1) is 6.07 Å². The average molecular weight is 131 g/mol. The van der Waals surface area contributed by atoms with Crippen molar-refractivity contribution in [2.45, 2.75) is 0 Å². The number of fused-ring (bicyclic) bond motifs is 1. The molecule has 2 rings (SSSR count). The van der Waals surface area contributed by atoms with Crippen LogP contribution in [0.1, 0.15) is 0 Å². The van der Waals surface area contributed by atoms with Crippen LogP contribution < -0.4 is 5.73 Å². The molecule has 0 fully saturated rings. The minimum absolute atomic E-state index is 0.781. The van der Waals surface area contributed by atoms with Gasteiger partial charge in [-0.25, -0.2) is 0 Å². The zero-order valence-electron chi connectivity index (χ0n) is 5.39. The molecule has 1 radical (unpaired) electrons. The van der Waals surface area contributed by atoms with E-state index in [1.54, 1.807) is 6.20 Å². The van der Waals surface area contributed by atoms with Gasteiger partial charge >= 0.3 is 0 Å². The predicted molar refractivity (Wildman–Crippen MR) is 41.5 cm³/mol. The van der Waals surface area contributed by atoms with Crippen LogP contribution in [0.4, 0.5) is 5.69 Å². The largest absolute Gasteiger partial charge is 0.399 e. The minimum Gasteiger partial charge on any atom is -0.399 e. The first-order valence-corrected chi connectivity index (χ1v) is 3.10. The van der Waals surface area contributed by atoms with Gasteiger partial charge in [0.05, 0.1) is 0 Å². The maximum atomic E-state index is 5.55. The van der Waals surface area contributed by atoms with Gasteiger partial charge in [0.15, 0.2) is 0 Å². The van der Waals surface area contributed by atoms with Crippen LogP contribution in [0.15, 0.2) is 24.4 Å². The van der Waals surface area contributed by atoms with Crippen molar-refractivity contribution in [2.24, 2.45) is 0 Å². The SMILES string of the molecule is Nc1ccc2[nH]c[c]c2c1. The quantitative estimate of drug-likeness (QED) is 0.523. The van der Waals surface area contributed by atoms with Crippen molar-refractivity contribution in [3.05, 3.63) is 30.5 Å². The summed E-state index contributed by atoms with van der Waals surface area (Å²) in [5.41, 5.74) is 7.41. The van der Waals surface area contributed by atoms with Crippen LogP contribution in [-0.2, 0) is 0 Å². The van der Waals surface area contributed by atoms with E-state index in [9.17, 15) is 0 Å². The summed E-state index contributed by atoms with van der Waals surface area (Å²) in [7, 11) is 0. The standard InChI is InChI=1S/C8H7N2/c9-7-1-2-8-6(5-7)3-4-10-8/h1-2,4-5,10H,9H2. The highest BCUT2D eigenvalue weighted by atomic mass is 14.7. The summed E-state index contributed by atoms with van der Waals surface area (Å²) in [6.07, 6.45) is 1.78. The lowest BCUT2D eigenvalue weighted by atomic mass is 10.2. The minimum atomic E-state index is 0.781. The van der Waals surface area contributed by atoms with Crippen LogP contribution in [0.2, 0.25) is 0 Å². The second kappa shape index (κ2) is 1.77. The van der Waals surface area contributed by atoms with Crippen LogP contribution in [0.25, 0.3) is 10.9 Å². The Morgan fingerprint density at radius 2 is 2.30 bits per heavy atom. The van der Waals surface area contributed by atoms with Crippen molar-refractivity contribution in [3.63, 3.8) is 0 Å². The Kier molecular flexibility index (Phi) is 0.947. The van der Waals surface area contributed by atoms with Crippen LogP contribution in [0.5, 0.6) is 0 Å². The second-order valence-electron chi connectivity index (χ2n) is 2.24. The summed E-state index contributed by atoms with van der Waals surface area (Å²) in [5.74, 6) is 0. The number of hydrogen-bond acceptors (Lipinski definition) is 1. The van der Waals surface area contributed by atoms with Gasteiger partial charge in [-0.1, -0.05) is 0 Å². The number of benzene rings is 1. The van der Waals surface area contributed by atoms with E-state index >= 15 is 0 Å². The second-order valence-corrected chi connectivity index (χ2v) is 2.24. The lowest BCUT2D eigenvalue weighted by Crippen LogP contribution is -1.81. The Morgan fingerprint density at radius 1 is 1.40 bits per heavy atom. The molecule has 0 atom stereocenters. The number of H-pyrrole nitrogens is 1. The summed E-state index contributed by atoms with van der Waals surface area (Å²) in [6.45, 7) is 0. The molecule has 0 saturated carbocycles. The van der Waals surface area contributed by atoms with Gasteiger partial charge < -0.3 is 10.7 Å². The highest BCUT2D eigenvalue weighted by Gasteiger charge is 1.92. The van der Waals surface area contributed by atoms with E-state index in [0.717, 1.165) is 16.6 Å². The summed E-state index contributed by atoms with van der Waals surface area (Å²) >= 11 is 0. The number of nitrogens with two attached hydrogens (primary N) is 1. The van der Waals surface area contributed by atoms with Crippen LogP contribution >= 0.6 is 0 Å². The van der Waals surface area contributed by atoms with E-state index in [2.05, 4.69) is 11.1 Å². The Balaban J connectivity index is 2.86. The third-order valence-electron chi connectivity index (χ3n) is 1.50. The lowest BCUT2D eigenvalue weighted by Gasteiger charge is -1.90. The van der Waals surface area contributed by atoms with Crippen molar-refractivity contribution >= 4 is 16.6 Å². The van der Waals surface area contributed by atoms with Crippen molar-refractivity contribution < 1.29 is 0 Å². The third kappa shape index (κ3) is 0.658. The molecule has 2 heteroatoms. The Morgan fingerprint density at radius 3 is 3.20 bits per heavy atom. The number of anilines is 1. The molecule has 1 heterocycles. The maximum Gasteiger partial charge on any atom is 0.0461 e. The molecule has 0 saturated heterocycles. The van der Waals surface area contributed by atoms with E-state index in [1.807, 2.05) is 18.2 Å². The molecule has 0 unspecified atom stereocenters. The fourth-order valence-electron chi connectivity index (χ4n) is 0.999. The molecule has 10 heavy (non-hydrogen) atoms. The molecule has 0 aliphatic carbocycles. The first-order valence-electron chi connectivity index (χ1n) is 3.10. The molecule has 0 bridgehead atoms. The monoisotopic (exact) mass is 131 g/mol. The molecular weight excluding hydrogens is 124 g/mol. The van der Waals surface area contributed by atoms with E-state index in [0.29, 0.717) is 0 Å². The van der Waals surface area contributed by atoms with Crippen LogP contribution in [-0.4, -0.2) is 4.98 Å². The molecule has 1 aromatic heterocycles. The average Bonchev–Trinajstić information content (AvgIpc) is 2.33. The number of nitrogen functional groups attached to an aromatic ring is 1. The summed E-state index contributed by atoms with van der Waals surface area (Å²) in [4.78, 5) is 3.04. The molecule has 0 spiro atoms. The number of aromatic nitrogens is 1. The van der Waals surface area contributed by atoms with Gasteiger partial charge in [-0.2, -0.15) is 0 Å². The fraction of sp³-hybridized carbons (Fsp3) is 0. The van der Waals surface area contributed by atoms with E-state index in [1.165, 1.54) is 0 Å². The predicted octanol–water partition coefficient (Wildman–Crippen LogP) is 1.55. The molecule has 1 aromatic carbocycles. The Labute approximate surface area is 58.7 Å². The molecule has 2 nitrogen and oxygen atoms in total. The zero-order valence-corrected chi connectivity index (χ0v) is 5.39. The van der Waals surface area contributed by atoms with Gasteiger partial charge in [0, 0.05) is 28.9 Å². The van der Waals surface area contributed by atoms with Gasteiger partial charge in [-0.15, -0.1) is 0 Å². The number of hydrogen-bond donors (Lipinski definition) is 2. The van der Waals surface area contributed by atoms with Gasteiger partial charge in [0.2, 0.25) is 0 Å². The normalized spacial score (nSPS) is 10.4. The zero-order chi connectivity index (χ0) is 6.97. The molecule has 2 aromatic rings. The van der Waals surface area contributed by atoms with Gasteiger partial charge in [0.1, 0.15) is 0 Å². The summed E-state index contributed by atoms with van der Waals surface area (Å²) < 4.78 is 0. The summed E-state index contributed by atoms with van der Waals surface area (Å²) in [6, 6.07) is 8.73. The smallest absolute Gasteiger partial charge is 0.0461 e. The fourth-order valence-corrected chi connectivity index (χ4v) is 0.999. The Hall–Kier alpha value is -1.44. The molecule has 0 aliphatic rings. The van der Waals surface area contributed by atoms with Gasteiger partial charge in [-0.3, -0.25) is 0 Å². The van der Waals surface area contributed by atoms with Crippen molar-refractivity contribution in [2.75, 3.05) is 5.73 Å². The van der Waals surface area contributed by atoms with Gasteiger partial charge in [-0.05, 0) is 18.2 Å². The van der Waals surface area contributed by atoms with Crippen molar-refractivity contribution in [1.29, 1.82) is 0 Å². The van der Waals surface area contributed by atoms with E-state index < -0.39 is 0 Å². The number of nitrogens with one attached hydrogen (secondary N) is 1. The molecule has 0 aliphatic heterocycles. The van der Waals surface area contributed by atoms with Crippen LogP contribution in [0.3, 0.4) is 0 Å². The van der Waals surface area contributed by atoms with E-state index in [-0.39, 0.29) is 0 Å². The number of rotatable bonds is 0. The molecule has 0 amide bonds. The molecule has 49 valence electrons. The topological polar surface area (TPSA) is 41.8 Å². The van der Waals surface area contributed by atoms with Crippen molar-refractivity contribution in [3.8, 4) is 0 Å². The first-order chi connectivity index (χ1) is 4.86. The number of aromatic amines is 1. The Bertz CT molecular complexity index is 349. The molecule has 3 N–H and O–H groups in total. The summed E-state index contributed by atoms with van der Waals surface area (Å²) in [5, 5.41) is 1.04. The highest BCUT2D eigenvalue weighted by molar-refractivity contribution is 5.81. The third-order valence-corrected chi connectivity index (χ3v) is 1.50. The maximum absolute atomic E-state index is 5.55. The molecular formula is C8H7N2.